The number of hydrogen-bond donors (Lipinski definition) is 1. The van der Waals surface area contributed by atoms with Crippen LogP contribution in [-0.2, 0) is 4.79 Å². The van der Waals surface area contributed by atoms with E-state index in [9.17, 15) is 9.59 Å². The fourth-order valence-corrected chi connectivity index (χ4v) is 3.83. The molecule has 4 rings (SSSR count). The number of imidazole rings is 1. The van der Waals surface area contributed by atoms with E-state index in [0.717, 1.165) is 6.42 Å². The van der Waals surface area contributed by atoms with Crippen LogP contribution in [0.4, 0.5) is 5.82 Å². The predicted octanol–water partition coefficient (Wildman–Crippen LogP) is 1.71. The minimum atomic E-state index is -0.185. The Bertz CT molecular complexity index is 903. The zero-order valence-corrected chi connectivity index (χ0v) is 15.5. The molecule has 2 unspecified atom stereocenters. The zero-order chi connectivity index (χ0) is 19.5. The normalized spacial score (nSPS) is 21.5. The molecule has 8 nitrogen and oxygen atoms in total. The van der Waals surface area contributed by atoms with E-state index in [2.05, 4.69) is 16.5 Å². The molecule has 1 aromatic carbocycles. The van der Waals surface area contributed by atoms with Crippen molar-refractivity contribution in [1.82, 2.24) is 19.4 Å². The average molecular weight is 378 g/mol. The molecule has 2 atom stereocenters. The number of nitriles is 1. The van der Waals surface area contributed by atoms with Crippen molar-refractivity contribution in [2.45, 2.75) is 18.9 Å². The molecule has 2 amide bonds. The van der Waals surface area contributed by atoms with Gasteiger partial charge in [-0.05, 0) is 25.0 Å². The maximum Gasteiger partial charge on any atom is 0.253 e. The first-order valence-electron chi connectivity index (χ1n) is 9.47. The van der Waals surface area contributed by atoms with Gasteiger partial charge in [-0.15, -0.1) is 0 Å². The van der Waals surface area contributed by atoms with Gasteiger partial charge in [0.15, 0.2) is 12.0 Å². The van der Waals surface area contributed by atoms with Crippen LogP contribution in [0.1, 0.15) is 29.2 Å². The van der Waals surface area contributed by atoms with Crippen LogP contribution in [0.15, 0.2) is 42.9 Å². The highest BCUT2D eigenvalue weighted by molar-refractivity contribution is 5.94. The molecule has 0 saturated carbocycles. The molecule has 8 heteroatoms. The second-order valence-corrected chi connectivity index (χ2v) is 7.29. The van der Waals surface area contributed by atoms with Crippen LogP contribution < -0.4 is 5.32 Å². The molecule has 28 heavy (non-hydrogen) atoms. The van der Waals surface area contributed by atoms with Gasteiger partial charge in [-0.25, -0.2) is 4.98 Å². The third-order valence-electron chi connectivity index (χ3n) is 5.45. The van der Waals surface area contributed by atoms with Gasteiger partial charge in [0.25, 0.3) is 5.91 Å². The minimum Gasteiger partial charge on any atom is -0.336 e. The molecule has 0 spiro atoms. The fraction of sp³-hybridized carbons (Fsp3) is 0.400. The number of anilines is 1. The number of likely N-dealkylation sites (tertiary alicyclic amines) is 2. The Morgan fingerprint density at radius 3 is 2.71 bits per heavy atom. The standard InChI is InChI=1S/C20H22N6O2/c21-13-24-8-6-16(10-24)19(27)23-18-12-26(14-22-18)17-7-9-25(11-17)20(28)15-4-2-1-3-5-15/h1-5,12,14,16-17H,6-11H2,(H,23,27). The summed E-state index contributed by atoms with van der Waals surface area (Å²) in [5, 5.41) is 11.8. The van der Waals surface area contributed by atoms with Crippen molar-refractivity contribution in [3.63, 3.8) is 0 Å². The lowest BCUT2D eigenvalue weighted by molar-refractivity contribution is -0.119. The van der Waals surface area contributed by atoms with Crippen molar-refractivity contribution in [3.05, 3.63) is 48.4 Å². The highest BCUT2D eigenvalue weighted by Gasteiger charge is 2.30. The predicted molar refractivity (Wildman–Crippen MR) is 102 cm³/mol. The highest BCUT2D eigenvalue weighted by Crippen LogP contribution is 2.24. The molecule has 0 bridgehead atoms. The average Bonchev–Trinajstić information content (AvgIpc) is 3.47. The van der Waals surface area contributed by atoms with Crippen LogP contribution >= 0.6 is 0 Å². The van der Waals surface area contributed by atoms with E-state index in [4.69, 9.17) is 5.26 Å². The van der Waals surface area contributed by atoms with Gasteiger partial charge in [0, 0.05) is 37.9 Å². The van der Waals surface area contributed by atoms with E-state index >= 15 is 0 Å². The SMILES string of the molecule is N#CN1CCC(C(=O)Nc2cn(C3CCN(C(=O)c4ccccc4)C3)cn2)C1. The fourth-order valence-electron chi connectivity index (χ4n) is 3.83. The molecule has 0 radical (unpaired) electrons. The van der Waals surface area contributed by atoms with E-state index in [1.807, 2.05) is 46.0 Å². The van der Waals surface area contributed by atoms with Crippen molar-refractivity contribution >= 4 is 17.6 Å². The van der Waals surface area contributed by atoms with Gasteiger partial charge in [0.1, 0.15) is 0 Å². The number of nitrogens with one attached hydrogen (secondary N) is 1. The molecule has 144 valence electrons. The van der Waals surface area contributed by atoms with E-state index in [-0.39, 0.29) is 23.8 Å². The summed E-state index contributed by atoms with van der Waals surface area (Å²) < 4.78 is 1.96. The maximum absolute atomic E-state index is 12.6. The molecule has 2 aliphatic heterocycles. The minimum absolute atomic E-state index is 0.0417. The van der Waals surface area contributed by atoms with Crippen LogP contribution in [0, 0.1) is 17.4 Å². The Morgan fingerprint density at radius 1 is 1.14 bits per heavy atom. The van der Waals surface area contributed by atoms with Crippen molar-refractivity contribution in [2.24, 2.45) is 5.92 Å². The van der Waals surface area contributed by atoms with Crippen molar-refractivity contribution < 1.29 is 9.59 Å². The third-order valence-corrected chi connectivity index (χ3v) is 5.45. The first kappa shape index (κ1) is 18.0. The summed E-state index contributed by atoms with van der Waals surface area (Å²) in [5.41, 5.74) is 0.699. The first-order chi connectivity index (χ1) is 13.6. The Kier molecular flexibility index (Phi) is 4.98. The van der Waals surface area contributed by atoms with Crippen molar-refractivity contribution in [3.8, 4) is 6.19 Å². The van der Waals surface area contributed by atoms with E-state index < -0.39 is 0 Å². The molecule has 1 N–H and O–H groups in total. The summed E-state index contributed by atoms with van der Waals surface area (Å²) in [5.74, 6) is 0.263. The topological polar surface area (TPSA) is 94.3 Å². The molecule has 2 aliphatic rings. The van der Waals surface area contributed by atoms with Gasteiger partial charge in [0.05, 0.1) is 18.3 Å². The Morgan fingerprint density at radius 2 is 1.96 bits per heavy atom. The monoisotopic (exact) mass is 378 g/mol. The lowest BCUT2D eigenvalue weighted by Crippen LogP contribution is -2.29. The molecular weight excluding hydrogens is 356 g/mol. The van der Waals surface area contributed by atoms with Crippen LogP contribution in [0.2, 0.25) is 0 Å². The molecule has 0 aliphatic carbocycles. The zero-order valence-electron chi connectivity index (χ0n) is 15.5. The summed E-state index contributed by atoms with van der Waals surface area (Å²) in [6.45, 7) is 2.40. The van der Waals surface area contributed by atoms with Crippen LogP contribution in [0.25, 0.3) is 0 Å². The van der Waals surface area contributed by atoms with Gasteiger partial charge >= 0.3 is 0 Å². The smallest absolute Gasteiger partial charge is 0.253 e. The first-order valence-corrected chi connectivity index (χ1v) is 9.47. The summed E-state index contributed by atoms with van der Waals surface area (Å²) in [6.07, 6.45) is 7.13. The number of carbonyl (C=O) groups excluding carboxylic acids is 2. The summed E-state index contributed by atoms with van der Waals surface area (Å²) in [4.78, 5) is 32.7. The number of aromatic nitrogens is 2. The van der Waals surface area contributed by atoms with Crippen LogP contribution in [0.5, 0.6) is 0 Å². The molecule has 2 fully saturated rings. The van der Waals surface area contributed by atoms with Gasteiger partial charge in [0.2, 0.25) is 5.91 Å². The van der Waals surface area contributed by atoms with Gasteiger partial charge in [-0.2, -0.15) is 5.26 Å². The highest BCUT2D eigenvalue weighted by atomic mass is 16.2. The Labute approximate surface area is 163 Å². The Balaban J connectivity index is 1.34. The van der Waals surface area contributed by atoms with E-state index in [1.165, 1.54) is 0 Å². The largest absolute Gasteiger partial charge is 0.336 e. The summed E-state index contributed by atoms with van der Waals surface area (Å²) in [7, 11) is 0. The molecular formula is C20H22N6O2. The number of rotatable bonds is 4. The van der Waals surface area contributed by atoms with Gasteiger partial charge in [-0.3, -0.25) is 9.59 Å². The lowest BCUT2D eigenvalue weighted by Gasteiger charge is -2.17. The number of benzene rings is 1. The third kappa shape index (κ3) is 3.69. The quantitative estimate of drug-likeness (QED) is 0.818. The number of nitrogens with zero attached hydrogens (tertiary/aromatic N) is 5. The number of amides is 2. The summed E-state index contributed by atoms with van der Waals surface area (Å²) >= 11 is 0. The van der Waals surface area contributed by atoms with Gasteiger partial charge in [-0.1, -0.05) is 18.2 Å². The summed E-state index contributed by atoms with van der Waals surface area (Å²) in [6, 6.07) is 9.44. The van der Waals surface area contributed by atoms with Crippen molar-refractivity contribution in [2.75, 3.05) is 31.5 Å². The van der Waals surface area contributed by atoms with Crippen LogP contribution in [-0.4, -0.2) is 57.3 Å². The van der Waals surface area contributed by atoms with E-state index in [1.54, 1.807) is 11.2 Å². The Hall–Kier alpha value is -3.34. The molecule has 2 aromatic rings. The van der Waals surface area contributed by atoms with Crippen molar-refractivity contribution in [1.29, 1.82) is 5.26 Å². The molecule has 2 saturated heterocycles. The van der Waals surface area contributed by atoms with Gasteiger partial charge < -0.3 is 19.7 Å². The second-order valence-electron chi connectivity index (χ2n) is 7.29. The molecule has 3 heterocycles. The number of hydrogen-bond acceptors (Lipinski definition) is 5. The van der Waals surface area contributed by atoms with E-state index in [0.29, 0.717) is 44.0 Å². The molecule has 1 aromatic heterocycles. The van der Waals surface area contributed by atoms with Crippen LogP contribution in [0.3, 0.4) is 0 Å². The maximum atomic E-state index is 12.6. The second kappa shape index (κ2) is 7.72. The lowest BCUT2D eigenvalue weighted by atomic mass is 10.1. The number of carbonyl (C=O) groups is 2.